The topological polar surface area (TPSA) is 0 Å². The zero-order chi connectivity index (χ0) is 41.4. The van der Waals surface area contributed by atoms with Gasteiger partial charge in [-0.05, 0) is 139 Å². The monoisotopic (exact) mass is 798 g/mol. The molecule has 0 saturated carbocycles. The van der Waals surface area contributed by atoms with Crippen LogP contribution in [0.1, 0.15) is 56.3 Å². The Hall–Kier alpha value is -7.80. The molecule has 0 amide bonds. The Kier molecular flexibility index (Phi) is 8.21. The number of hydrogen-bond donors (Lipinski definition) is 0. The Morgan fingerprint density at radius 3 is 1.05 bits per heavy atom. The van der Waals surface area contributed by atoms with Gasteiger partial charge in [-0.25, -0.2) is 0 Å². The van der Waals surface area contributed by atoms with Crippen LogP contribution in [0.5, 0.6) is 0 Å². The van der Waals surface area contributed by atoms with Crippen molar-refractivity contribution in [2.24, 2.45) is 0 Å². The third-order valence-corrected chi connectivity index (χ3v) is 14.1. The molecule has 13 rings (SSSR count). The summed E-state index contributed by atoms with van der Waals surface area (Å²) < 4.78 is 0. The van der Waals surface area contributed by atoms with Crippen LogP contribution in [-0.2, 0) is 6.42 Å². The lowest BCUT2D eigenvalue weighted by atomic mass is 9.78. The molecule has 0 spiro atoms. The van der Waals surface area contributed by atoms with Crippen LogP contribution in [0.2, 0.25) is 0 Å². The van der Waals surface area contributed by atoms with Crippen LogP contribution in [0.15, 0.2) is 231 Å². The number of benzene rings is 12. The molecule has 2 unspecified atom stereocenters. The van der Waals surface area contributed by atoms with Gasteiger partial charge < -0.3 is 0 Å². The van der Waals surface area contributed by atoms with Gasteiger partial charge in [0.15, 0.2) is 0 Å². The molecular weight excluding hydrogens is 757 g/mol. The van der Waals surface area contributed by atoms with E-state index in [0.717, 1.165) is 6.42 Å². The lowest BCUT2D eigenvalue weighted by Crippen LogP contribution is -2.09. The lowest BCUT2D eigenvalue weighted by Gasteiger charge is -2.25. The van der Waals surface area contributed by atoms with Crippen LogP contribution >= 0.6 is 0 Å². The molecule has 1 aliphatic rings. The van der Waals surface area contributed by atoms with E-state index in [2.05, 4.69) is 231 Å². The Morgan fingerprint density at radius 1 is 0.238 bits per heavy atom. The maximum Gasteiger partial charge on any atom is 0.0349 e. The maximum absolute atomic E-state index is 2.53. The molecule has 12 aromatic carbocycles. The molecule has 0 aliphatic heterocycles. The Bertz CT molecular complexity index is 3520. The first-order chi connectivity index (χ1) is 31.3. The van der Waals surface area contributed by atoms with Crippen molar-refractivity contribution in [2.45, 2.75) is 18.3 Å². The molecule has 0 radical (unpaired) electrons. The first-order valence-corrected chi connectivity index (χ1v) is 22.3. The largest absolute Gasteiger partial charge is 0.0622 e. The smallest absolute Gasteiger partial charge is 0.0349 e. The molecule has 0 heterocycles. The molecule has 12 aromatic rings. The molecule has 0 bridgehead atoms. The molecule has 294 valence electrons. The molecule has 0 fully saturated rings. The number of hydrogen-bond acceptors (Lipinski definition) is 0. The fourth-order valence-corrected chi connectivity index (χ4v) is 11.4. The summed E-state index contributed by atoms with van der Waals surface area (Å²) in [6.07, 6.45) is 0.846. The van der Waals surface area contributed by atoms with Gasteiger partial charge in [-0.1, -0.05) is 218 Å². The number of rotatable bonds is 6. The minimum atomic E-state index is 0.00899. The zero-order valence-electron chi connectivity index (χ0n) is 34.8. The zero-order valence-corrected chi connectivity index (χ0v) is 34.8. The van der Waals surface area contributed by atoms with Gasteiger partial charge in [-0.3, -0.25) is 0 Å². The van der Waals surface area contributed by atoms with E-state index in [1.165, 1.54) is 120 Å². The summed E-state index contributed by atoms with van der Waals surface area (Å²) >= 11 is 0. The fourth-order valence-electron chi connectivity index (χ4n) is 11.4. The Labute approximate surface area is 367 Å². The van der Waals surface area contributed by atoms with Crippen LogP contribution in [0.25, 0.3) is 75.8 Å². The summed E-state index contributed by atoms with van der Waals surface area (Å²) in [5, 5.41) is 15.5. The molecule has 0 N–H and O–H groups in total. The van der Waals surface area contributed by atoms with Gasteiger partial charge in [-0.15, -0.1) is 0 Å². The van der Waals surface area contributed by atoms with E-state index in [4.69, 9.17) is 0 Å². The standard InChI is InChI=1S/C63H42/c1-3-19-42(20-4-1)60(54-31-15-29-50-46-25-11-7-17-40(46)33-35-52(50)54)56-37-44-23-9-13-27-48(44)62-58(56)39-59-57(38-45-24-10-14-28-49(45)63(59)62)61(43-21-5-2-6-22-43)55-32-16-30-51-47-26-12-8-18-41(47)34-36-53(51)55/h1-38,60-61H,39H2. The van der Waals surface area contributed by atoms with Crippen molar-refractivity contribution in [1.29, 1.82) is 0 Å². The van der Waals surface area contributed by atoms with Crippen LogP contribution in [0.3, 0.4) is 0 Å². The van der Waals surface area contributed by atoms with Crippen LogP contribution in [-0.4, -0.2) is 0 Å². The van der Waals surface area contributed by atoms with Crippen LogP contribution in [0, 0.1) is 0 Å². The van der Waals surface area contributed by atoms with Crippen molar-refractivity contribution < 1.29 is 0 Å². The summed E-state index contributed by atoms with van der Waals surface area (Å²) in [6.45, 7) is 0. The van der Waals surface area contributed by atoms with Gasteiger partial charge in [0, 0.05) is 11.8 Å². The van der Waals surface area contributed by atoms with E-state index in [0.29, 0.717) is 0 Å². The van der Waals surface area contributed by atoms with E-state index in [1.54, 1.807) is 0 Å². The highest BCUT2D eigenvalue weighted by Crippen LogP contribution is 2.54. The predicted molar refractivity (Wildman–Crippen MR) is 267 cm³/mol. The molecular formula is C63H42. The minimum Gasteiger partial charge on any atom is -0.0622 e. The van der Waals surface area contributed by atoms with Crippen molar-refractivity contribution in [2.75, 3.05) is 0 Å². The summed E-state index contributed by atoms with van der Waals surface area (Å²) in [5.74, 6) is 0.0180. The quantitative estimate of drug-likeness (QED) is 0.116. The third-order valence-electron chi connectivity index (χ3n) is 14.1. The highest BCUT2D eigenvalue weighted by atomic mass is 14.4. The van der Waals surface area contributed by atoms with E-state index in [9.17, 15) is 0 Å². The Morgan fingerprint density at radius 2 is 0.603 bits per heavy atom. The van der Waals surface area contributed by atoms with Crippen molar-refractivity contribution in [1.82, 2.24) is 0 Å². The summed E-state index contributed by atoms with van der Waals surface area (Å²) in [7, 11) is 0. The lowest BCUT2D eigenvalue weighted by molar-refractivity contribution is 0.948. The van der Waals surface area contributed by atoms with Crippen molar-refractivity contribution in [3.63, 3.8) is 0 Å². The molecule has 1 aliphatic carbocycles. The second-order valence-electron chi connectivity index (χ2n) is 17.4. The van der Waals surface area contributed by atoms with E-state index in [1.807, 2.05) is 0 Å². The van der Waals surface area contributed by atoms with Gasteiger partial charge >= 0.3 is 0 Å². The Balaban J connectivity index is 1.12. The third kappa shape index (κ3) is 5.61. The van der Waals surface area contributed by atoms with E-state index in [-0.39, 0.29) is 11.8 Å². The molecule has 0 saturated heterocycles. The second kappa shape index (κ2) is 14.4. The highest BCUT2D eigenvalue weighted by Gasteiger charge is 2.34. The SMILES string of the molecule is c1ccc(C(c2cc3ccccc3c3c2Cc2c(C(c4ccccc4)c4cccc5c4ccc4ccccc45)cc4ccccc4c2-3)c2cccc3c2ccc2ccccc23)cc1. The van der Waals surface area contributed by atoms with E-state index < -0.39 is 0 Å². The minimum absolute atomic E-state index is 0.00899. The summed E-state index contributed by atoms with van der Waals surface area (Å²) in [4.78, 5) is 0. The van der Waals surface area contributed by atoms with E-state index >= 15 is 0 Å². The first-order valence-electron chi connectivity index (χ1n) is 22.3. The average molecular weight is 799 g/mol. The predicted octanol–water partition coefficient (Wildman–Crippen LogP) is 16.5. The fraction of sp³-hybridized carbons (Fsp3) is 0.0476. The van der Waals surface area contributed by atoms with Gasteiger partial charge in [-0.2, -0.15) is 0 Å². The van der Waals surface area contributed by atoms with Crippen molar-refractivity contribution in [3.8, 4) is 11.1 Å². The van der Waals surface area contributed by atoms with Gasteiger partial charge in [0.1, 0.15) is 0 Å². The first kappa shape index (κ1) is 35.9. The molecule has 0 heteroatoms. The second-order valence-corrected chi connectivity index (χ2v) is 17.4. The molecule has 63 heavy (non-hydrogen) atoms. The van der Waals surface area contributed by atoms with Crippen LogP contribution in [0.4, 0.5) is 0 Å². The van der Waals surface area contributed by atoms with Gasteiger partial charge in [0.2, 0.25) is 0 Å². The normalized spacial score (nSPS) is 13.2. The highest BCUT2D eigenvalue weighted by molar-refractivity contribution is 6.13. The van der Waals surface area contributed by atoms with Crippen molar-refractivity contribution >= 4 is 64.6 Å². The van der Waals surface area contributed by atoms with Gasteiger partial charge in [0.05, 0.1) is 0 Å². The van der Waals surface area contributed by atoms with Gasteiger partial charge in [0.25, 0.3) is 0 Å². The summed E-state index contributed by atoms with van der Waals surface area (Å²) in [6, 6.07) is 86.7. The molecule has 0 aromatic heterocycles. The summed E-state index contributed by atoms with van der Waals surface area (Å²) in [5.41, 5.74) is 13.7. The van der Waals surface area contributed by atoms with Crippen molar-refractivity contribution in [3.05, 3.63) is 275 Å². The number of fused-ring (bicyclic) bond motifs is 13. The van der Waals surface area contributed by atoms with Crippen LogP contribution < -0.4 is 0 Å². The average Bonchev–Trinajstić information content (AvgIpc) is 3.77. The molecule has 2 atom stereocenters. The molecule has 0 nitrogen and oxygen atoms in total. The maximum atomic E-state index is 2.53.